The minimum atomic E-state index is -0.923. The van der Waals surface area contributed by atoms with E-state index in [1.54, 1.807) is 11.9 Å². The number of nitrogens with zero attached hydrogens (tertiary/aromatic N) is 2. The van der Waals surface area contributed by atoms with Crippen LogP contribution in [0.1, 0.15) is 40.5 Å². The van der Waals surface area contributed by atoms with Crippen molar-refractivity contribution in [2.24, 2.45) is 11.8 Å². The second-order valence-corrected chi connectivity index (χ2v) is 6.46. The van der Waals surface area contributed by atoms with Gasteiger partial charge in [-0.2, -0.15) is 0 Å². The normalized spacial score (nSPS) is 25.1. The summed E-state index contributed by atoms with van der Waals surface area (Å²) in [5, 5.41) is 0. The van der Waals surface area contributed by atoms with Crippen LogP contribution in [0, 0.1) is 11.8 Å². The molecule has 1 aliphatic rings. The molecule has 112 valence electrons. The van der Waals surface area contributed by atoms with Crippen molar-refractivity contribution < 1.29 is 9.18 Å². The molecule has 0 radical (unpaired) electrons. The molecule has 1 heterocycles. The summed E-state index contributed by atoms with van der Waals surface area (Å²) in [6.45, 7) is 10.4. The quantitative estimate of drug-likeness (QED) is 0.768. The molecule has 0 spiro atoms. The average molecular weight is 272 g/mol. The third-order valence-corrected chi connectivity index (χ3v) is 3.95. The molecule has 0 aromatic carbocycles. The topological polar surface area (TPSA) is 23.6 Å². The van der Waals surface area contributed by atoms with Crippen LogP contribution in [0.2, 0.25) is 0 Å². The summed E-state index contributed by atoms with van der Waals surface area (Å²) in [5.74, 6) is 0.639. The number of piperidine rings is 1. The van der Waals surface area contributed by atoms with Crippen LogP contribution in [0.5, 0.6) is 0 Å². The minimum Gasteiger partial charge on any atom is -0.340 e. The summed E-state index contributed by atoms with van der Waals surface area (Å²) >= 11 is 0. The van der Waals surface area contributed by atoms with E-state index in [4.69, 9.17) is 0 Å². The summed E-state index contributed by atoms with van der Waals surface area (Å²) in [6, 6.07) is -0.245. The van der Waals surface area contributed by atoms with Gasteiger partial charge in [0.2, 0.25) is 5.91 Å². The number of halogens is 1. The van der Waals surface area contributed by atoms with Crippen molar-refractivity contribution in [3.8, 4) is 0 Å². The van der Waals surface area contributed by atoms with Gasteiger partial charge in [-0.3, -0.25) is 4.79 Å². The molecule has 1 saturated heterocycles. The first kappa shape index (κ1) is 16.4. The Labute approximate surface area is 117 Å². The minimum absolute atomic E-state index is 0.0447. The van der Waals surface area contributed by atoms with Crippen LogP contribution in [0.3, 0.4) is 0 Å². The van der Waals surface area contributed by atoms with E-state index in [0.29, 0.717) is 12.5 Å². The van der Waals surface area contributed by atoms with E-state index >= 15 is 0 Å². The van der Waals surface area contributed by atoms with Crippen LogP contribution in [-0.2, 0) is 4.79 Å². The first-order valence-electron chi connectivity index (χ1n) is 7.46. The van der Waals surface area contributed by atoms with Crippen molar-refractivity contribution in [1.29, 1.82) is 0 Å². The molecular weight excluding hydrogens is 243 g/mol. The van der Waals surface area contributed by atoms with Gasteiger partial charge in [-0.15, -0.1) is 0 Å². The second kappa shape index (κ2) is 7.22. The summed E-state index contributed by atoms with van der Waals surface area (Å²) < 4.78 is 14.3. The van der Waals surface area contributed by atoms with Gasteiger partial charge in [-0.25, -0.2) is 4.39 Å². The van der Waals surface area contributed by atoms with E-state index in [-0.39, 0.29) is 17.9 Å². The Morgan fingerprint density at radius 1 is 1.37 bits per heavy atom. The lowest BCUT2D eigenvalue weighted by Crippen LogP contribution is -2.53. The van der Waals surface area contributed by atoms with Crippen LogP contribution in [0.4, 0.5) is 4.39 Å². The highest BCUT2D eigenvalue weighted by Gasteiger charge is 2.34. The number of rotatable bonds is 5. The van der Waals surface area contributed by atoms with Crippen LogP contribution in [-0.4, -0.2) is 54.6 Å². The Morgan fingerprint density at radius 2 is 2.00 bits per heavy atom. The fourth-order valence-electron chi connectivity index (χ4n) is 2.61. The molecule has 4 heteroatoms. The highest BCUT2D eigenvalue weighted by Crippen LogP contribution is 2.21. The number of likely N-dealkylation sites (tertiary alicyclic amines) is 1. The largest absolute Gasteiger partial charge is 0.340 e. The zero-order valence-electron chi connectivity index (χ0n) is 13.0. The average Bonchev–Trinajstić information content (AvgIpc) is 2.34. The van der Waals surface area contributed by atoms with Gasteiger partial charge < -0.3 is 9.80 Å². The van der Waals surface area contributed by atoms with Crippen LogP contribution >= 0.6 is 0 Å². The molecule has 1 rings (SSSR count). The molecular formula is C15H29FN2O. The highest BCUT2D eigenvalue weighted by atomic mass is 19.1. The molecule has 2 atom stereocenters. The van der Waals surface area contributed by atoms with Gasteiger partial charge >= 0.3 is 0 Å². The van der Waals surface area contributed by atoms with Gasteiger partial charge in [0.25, 0.3) is 0 Å². The van der Waals surface area contributed by atoms with E-state index in [0.717, 1.165) is 25.9 Å². The van der Waals surface area contributed by atoms with Gasteiger partial charge in [0.15, 0.2) is 0 Å². The van der Waals surface area contributed by atoms with Gasteiger partial charge in [-0.1, -0.05) is 27.7 Å². The molecule has 0 bridgehead atoms. The van der Waals surface area contributed by atoms with Gasteiger partial charge in [0, 0.05) is 26.1 Å². The fourth-order valence-corrected chi connectivity index (χ4v) is 2.61. The highest BCUT2D eigenvalue weighted by molar-refractivity contribution is 5.78. The second-order valence-electron chi connectivity index (χ2n) is 6.46. The first-order valence-corrected chi connectivity index (χ1v) is 7.46. The predicted octanol–water partition coefficient (Wildman–Crippen LogP) is 2.56. The molecule has 1 fully saturated rings. The summed E-state index contributed by atoms with van der Waals surface area (Å²) in [4.78, 5) is 15.7. The van der Waals surface area contributed by atoms with Crippen molar-refractivity contribution in [2.45, 2.75) is 52.8 Å². The third-order valence-electron chi connectivity index (χ3n) is 3.95. The van der Waals surface area contributed by atoms with Crippen molar-refractivity contribution in [3.63, 3.8) is 0 Å². The Hall–Kier alpha value is -0.640. The van der Waals surface area contributed by atoms with Crippen molar-refractivity contribution in [2.75, 3.05) is 26.7 Å². The molecule has 1 aliphatic heterocycles. The Kier molecular flexibility index (Phi) is 6.24. The first-order chi connectivity index (χ1) is 8.82. The third kappa shape index (κ3) is 4.75. The van der Waals surface area contributed by atoms with Gasteiger partial charge in [0.1, 0.15) is 6.17 Å². The number of alkyl halides is 1. The SMILES string of the molecule is CC(C)CCN1CC[C@@H](N(C)C(=O)C(C)C)[C@H](F)C1. The van der Waals surface area contributed by atoms with Crippen LogP contribution in [0.25, 0.3) is 0 Å². The zero-order chi connectivity index (χ0) is 14.6. The standard InChI is InChI=1S/C15H29FN2O/c1-11(2)6-8-18-9-7-14(13(16)10-18)17(5)15(19)12(3)4/h11-14H,6-10H2,1-5H3/t13-,14-/m1/s1. The maximum absolute atomic E-state index is 14.3. The molecule has 0 aromatic rings. The summed E-state index contributed by atoms with van der Waals surface area (Å²) in [5.41, 5.74) is 0. The zero-order valence-corrected chi connectivity index (χ0v) is 13.0. The number of carbonyl (C=O) groups is 1. The molecule has 0 unspecified atom stereocenters. The Morgan fingerprint density at radius 3 is 2.47 bits per heavy atom. The van der Waals surface area contributed by atoms with Crippen molar-refractivity contribution in [1.82, 2.24) is 9.80 Å². The van der Waals surface area contributed by atoms with Crippen LogP contribution < -0.4 is 0 Å². The van der Waals surface area contributed by atoms with Gasteiger partial charge in [-0.05, 0) is 25.3 Å². The molecule has 3 nitrogen and oxygen atoms in total. The van der Waals surface area contributed by atoms with Crippen molar-refractivity contribution >= 4 is 5.91 Å². The molecule has 0 aliphatic carbocycles. The molecule has 0 N–H and O–H groups in total. The maximum Gasteiger partial charge on any atom is 0.225 e. The molecule has 1 amide bonds. The number of carbonyl (C=O) groups excluding carboxylic acids is 1. The summed E-state index contributed by atoms with van der Waals surface area (Å²) in [7, 11) is 1.74. The Bertz CT molecular complexity index is 294. The predicted molar refractivity (Wildman–Crippen MR) is 76.8 cm³/mol. The molecule has 0 saturated carbocycles. The molecule has 19 heavy (non-hydrogen) atoms. The maximum atomic E-state index is 14.3. The number of hydrogen-bond acceptors (Lipinski definition) is 2. The van der Waals surface area contributed by atoms with Gasteiger partial charge in [0.05, 0.1) is 6.04 Å². The van der Waals surface area contributed by atoms with Crippen molar-refractivity contribution in [3.05, 3.63) is 0 Å². The summed E-state index contributed by atoms with van der Waals surface area (Å²) in [6.07, 6.45) is 0.931. The van der Waals surface area contributed by atoms with Crippen LogP contribution in [0.15, 0.2) is 0 Å². The Balaban J connectivity index is 2.47. The van der Waals surface area contributed by atoms with E-state index in [1.165, 1.54) is 0 Å². The monoisotopic (exact) mass is 272 g/mol. The lowest BCUT2D eigenvalue weighted by molar-refractivity contribution is -0.138. The van der Waals surface area contributed by atoms with E-state index in [1.807, 2.05) is 13.8 Å². The lowest BCUT2D eigenvalue weighted by atomic mass is 9.99. The molecule has 0 aromatic heterocycles. The van der Waals surface area contributed by atoms with E-state index in [2.05, 4.69) is 18.7 Å². The lowest BCUT2D eigenvalue weighted by Gasteiger charge is -2.39. The number of hydrogen-bond donors (Lipinski definition) is 0. The smallest absolute Gasteiger partial charge is 0.225 e. The van der Waals surface area contributed by atoms with E-state index in [9.17, 15) is 9.18 Å². The number of amides is 1. The fraction of sp³-hybridized carbons (Fsp3) is 0.933. The van der Waals surface area contributed by atoms with E-state index < -0.39 is 6.17 Å².